The Morgan fingerprint density at radius 1 is 1.28 bits per heavy atom. The highest BCUT2D eigenvalue weighted by Crippen LogP contribution is 2.32. The van der Waals surface area contributed by atoms with Crippen LogP contribution in [0.4, 0.5) is 0 Å². The molecule has 0 spiro atoms. The first-order valence-corrected chi connectivity index (χ1v) is 8.13. The van der Waals surface area contributed by atoms with Gasteiger partial charge in [-0.3, -0.25) is 4.79 Å². The molecule has 0 fully saturated rings. The van der Waals surface area contributed by atoms with Gasteiger partial charge in [0.05, 0.1) is 18.7 Å². The average Bonchev–Trinajstić information content (AvgIpc) is 2.60. The molecule has 1 aliphatic rings. The maximum atomic E-state index is 12.7. The monoisotopic (exact) mass is 332 g/mol. The number of hydrogen-bond acceptors (Lipinski definition) is 4. The normalized spacial score (nSPS) is 16.5. The van der Waals surface area contributed by atoms with Gasteiger partial charge in [-0.2, -0.15) is 5.26 Å². The molecule has 0 saturated heterocycles. The molecule has 25 heavy (non-hydrogen) atoms. The minimum atomic E-state index is -0.151. The maximum Gasteiger partial charge on any atom is 0.187 e. The van der Waals surface area contributed by atoms with Gasteiger partial charge in [-0.1, -0.05) is 18.2 Å². The summed E-state index contributed by atoms with van der Waals surface area (Å²) >= 11 is 0. The van der Waals surface area contributed by atoms with Crippen molar-refractivity contribution >= 4 is 11.5 Å². The van der Waals surface area contributed by atoms with Crippen LogP contribution in [0.25, 0.3) is 5.70 Å². The molecule has 0 aromatic heterocycles. The Morgan fingerprint density at radius 3 is 2.80 bits per heavy atom. The topological polar surface area (TPSA) is 62.1 Å². The van der Waals surface area contributed by atoms with Gasteiger partial charge in [0.2, 0.25) is 0 Å². The van der Waals surface area contributed by atoms with Crippen LogP contribution in [-0.2, 0) is 6.42 Å². The second-order valence-electron chi connectivity index (χ2n) is 6.82. The van der Waals surface area contributed by atoms with Gasteiger partial charge in [0.25, 0.3) is 0 Å². The summed E-state index contributed by atoms with van der Waals surface area (Å²) in [6.07, 6.45) is 2.47. The molecule has 4 nitrogen and oxygen atoms in total. The Labute approximate surface area is 147 Å². The van der Waals surface area contributed by atoms with Crippen LogP contribution in [0.5, 0.6) is 5.75 Å². The Balaban J connectivity index is 2.04. The number of carbonyl (C=O) groups excluding carboxylic acids is 1. The second-order valence-corrected chi connectivity index (χ2v) is 6.82. The fourth-order valence-electron chi connectivity index (χ4n) is 3.11. The van der Waals surface area contributed by atoms with Crippen molar-refractivity contribution in [1.82, 2.24) is 5.32 Å². The lowest BCUT2D eigenvalue weighted by atomic mass is 9.85. The van der Waals surface area contributed by atoms with E-state index < -0.39 is 0 Å². The maximum absolute atomic E-state index is 12.7. The zero-order valence-corrected chi connectivity index (χ0v) is 14.6. The predicted octanol–water partition coefficient (Wildman–Crippen LogP) is 3.71. The van der Waals surface area contributed by atoms with Gasteiger partial charge in [-0.25, -0.2) is 0 Å². The van der Waals surface area contributed by atoms with Gasteiger partial charge in [-0.15, -0.1) is 0 Å². The van der Waals surface area contributed by atoms with Crippen LogP contribution in [0.3, 0.4) is 0 Å². The summed E-state index contributed by atoms with van der Waals surface area (Å²) in [5.41, 5.74) is 3.75. The lowest BCUT2D eigenvalue weighted by Crippen LogP contribution is -2.43. The quantitative estimate of drug-likeness (QED) is 0.687. The lowest BCUT2D eigenvalue weighted by Gasteiger charge is -2.35. The molecule has 4 heteroatoms. The number of nitrogens with zero attached hydrogens (tertiary/aromatic N) is 1. The molecule has 2 aromatic rings. The largest absolute Gasteiger partial charge is 0.497 e. The molecule has 126 valence electrons. The third-order valence-electron chi connectivity index (χ3n) is 4.26. The lowest BCUT2D eigenvalue weighted by molar-refractivity contribution is 0.104. The van der Waals surface area contributed by atoms with E-state index in [1.54, 1.807) is 37.5 Å². The summed E-state index contributed by atoms with van der Waals surface area (Å²) < 4.78 is 5.32. The number of hydrogen-bond donors (Lipinski definition) is 1. The number of ether oxygens (including phenoxy) is 1. The molecule has 3 rings (SSSR count). The highest BCUT2D eigenvalue weighted by Gasteiger charge is 2.28. The fraction of sp³-hybridized carbons (Fsp3) is 0.238. The minimum absolute atomic E-state index is 0.133. The van der Waals surface area contributed by atoms with E-state index in [4.69, 9.17) is 10.00 Å². The summed E-state index contributed by atoms with van der Waals surface area (Å²) in [6, 6.07) is 14.7. The molecule has 0 aliphatic carbocycles. The summed E-state index contributed by atoms with van der Waals surface area (Å²) in [7, 11) is 1.63. The number of fused-ring (bicyclic) bond motifs is 1. The minimum Gasteiger partial charge on any atom is -0.497 e. The third-order valence-corrected chi connectivity index (χ3v) is 4.26. The highest BCUT2D eigenvalue weighted by molar-refractivity contribution is 6.08. The standard InChI is InChI=1S/C21H20N2O2/c1-21(2)12-16-7-8-17(25-3)10-18(16)19(23-21)11-20(24)15-6-4-5-14(9-15)13-22/h4-11,23H,12H2,1-3H3. The first kappa shape index (κ1) is 16.8. The van der Waals surface area contributed by atoms with E-state index in [9.17, 15) is 4.79 Å². The van der Waals surface area contributed by atoms with Gasteiger partial charge in [0.15, 0.2) is 5.78 Å². The summed E-state index contributed by atoms with van der Waals surface area (Å²) in [6.45, 7) is 4.21. The molecule has 1 aliphatic heterocycles. The van der Waals surface area contributed by atoms with Crippen molar-refractivity contribution < 1.29 is 9.53 Å². The number of allylic oxidation sites excluding steroid dienone is 1. The summed E-state index contributed by atoms with van der Waals surface area (Å²) in [5.74, 6) is 0.621. The van der Waals surface area contributed by atoms with Gasteiger partial charge in [-0.05, 0) is 50.1 Å². The van der Waals surface area contributed by atoms with Crippen molar-refractivity contribution in [2.45, 2.75) is 25.8 Å². The smallest absolute Gasteiger partial charge is 0.187 e. The molecule has 0 amide bonds. The highest BCUT2D eigenvalue weighted by atomic mass is 16.5. The molecule has 0 radical (unpaired) electrons. The number of nitrogens with one attached hydrogen (secondary N) is 1. The van der Waals surface area contributed by atoms with Crippen molar-refractivity contribution in [1.29, 1.82) is 5.26 Å². The van der Waals surface area contributed by atoms with Crippen molar-refractivity contribution in [3.05, 3.63) is 70.8 Å². The van der Waals surface area contributed by atoms with Crippen molar-refractivity contribution in [2.24, 2.45) is 0 Å². The van der Waals surface area contributed by atoms with Crippen LogP contribution in [0.2, 0.25) is 0 Å². The van der Waals surface area contributed by atoms with E-state index in [0.717, 1.165) is 23.4 Å². The number of methoxy groups -OCH3 is 1. The third kappa shape index (κ3) is 3.56. The second kappa shape index (κ2) is 6.45. The van der Waals surface area contributed by atoms with E-state index in [-0.39, 0.29) is 11.3 Å². The first-order valence-electron chi connectivity index (χ1n) is 8.13. The van der Waals surface area contributed by atoms with Crippen molar-refractivity contribution in [3.63, 3.8) is 0 Å². The van der Waals surface area contributed by atoms with Crippen LogP contribution in [-0.4, -0.2) is 18.4 Å². The van der Waals surface area contributed by atoms with E-state index >= 15 is 0 Å². The predicted molar refractivity (Wildman–Crippen MR) is 97.4 cm³/mol. The number of ketones is 1. The Morgan fingerprint density at radius 2 is 2.08 bits per heavy atom. The summed E-state index contributed by atoms with van der Waals surface area (Å²) in [5, 5.41) is 12.5. The molecule has 2 aromatic carbocycles. The van der Waals surface area contributed by atoms with E-state index in [1.807, 2.05) is 18.2 Å². The van der Waals surface area contributed by atoms with Crippen LogP contribution in [0, 0.1) is 11.3 Å². The Kier molecular flexibility index (Phi) is 4.33. The molecular weight excluding hydrogens is 312 g/mol. The molecule has 1 N–H and O–H groups in total. The van der Waals surface area contributed by atoms with Gasteiger partial charge in [0.1, 0.15) is 5.75 Å². The number of benzene rings is 2. The fourth-order valence-corrected chi connectivity index (χ4v) is 3.11. The van der Waals surface area contributed by atoms with E-state index in [0.29, 0.717) is 11.1 Å². The SMILES string of the molecule is COc1ccc2c(c1)C(=CC(=O)c1cccc(C#N)c1)NC(C)(C)C2. The number of carbonyl (C=O) groups is 1. The zero-order valence-electron chi connectivity index (χ0n) is 14.6. The number of nitriles is 1. The molecule has 1 heterocycles. The Hall–Kier alpha value is -3.06. The van der Waals surface area contributed by atoms with Gasteiger partial charge in [0, 0.05) is 28.4 Å². The number of rotatable bonds is 3. The summed E-state index contributed by atoms with van der Waals surface area (Å²) in [4.78, 5) is 12.7. The van der Waals surface area contributed by atoms with Gasteiger partial charge < -0.3 is 10.1 Å². The van der Waals surface area contributed by atoms with Crippen LogP contribution in [0.15, 0.2) is 48.5 Å². The van der Waals surface area contributed by atoms with Crippen LogP contribution >= 0.6 is 0 Å². The van der Waals surface area contributed by atoms with Crippen molar-refractivity contribution in [2.75, 3.05) is 7.11 Å². The molecule has 0 atom stereocenters. The van der Waals surface area contributed by atoms with Crippen LogP contribution in [0.1, 0.15) is 40.9 Å². The molecule has 0 unspecified atom stereocenters. The first-order chi connectivity index (χ1) is 11.9. The van der Waals surface area contributed by atoms with Crippen molar-refractivity contribution in [3.8, 4) is 11.8 Å². The zero-order chi connectivity index (χ0) is 18.0. The van der Waals surface area contributed by atoms with E-state index in [2.05, 4.69) is 25.2 Å². The van der Waals surface area contributed by atoms with E-state index in [1.165, 1.54) is 5.56 Å². The molecule has 0 bridgehead atoms. The average molecular weight is 332 g/mol. The molecular formula is C21H20N2O2. The Bertz CT molecular complexity index is 904. The van der Waals surface area contributed by atoms with Gasteiger partial charge >= 0.3 is 0 Å². The van der Waals surface area contributed by atoms with Crippen LogP contribution < -0.4 is 10.1 Å². The molecule has 0 saturated carbocycles.